The molecule has 3 aromatic rings. The monoisotopic (exact) mass is 491 g/mol. The molecule has 2 N–H and O–H groups in total. The van der Waals surface area contributed by atoms with Gasteiger partial charge in [0.2, 0.25) is 10.0 Å². The molecule has 8 nitrogen and oxygen atoms in total. The predicted octanol–water partition coefficient (Wildman–Crippen LogP) is 3.44. The fraction of sp³-hybridized carbons (Fsp3) is 0.182. The van der Waals surface area contributed by atoms with Gasteiger partial charge in [0.25, 0.3) is 5.91 Å². The van der Waals surface area contributed by atoms with E-state index in [-0.39, 0.29) is 16.5 Å². The van der Waals surface area contributed by atoms with Crippen LogP contribution in [0.5, 0.6) is 11.5 Å². The molecule has 0 saturated heterocycles. The molecule has 1 unspecified atom stereocenters. The zero-order chi connectivity index (χ0) is 23.8. The number of carbonyl (C=O) groups excluding carboxylic acids is 1. The van der Waals surface area contributed by atoms with Gasteiger partial charge in [0, 0.05) is 30.9 Å². The molecule has 1 atom stereocenters. The molecule has 11 heteroatoms. The Morgan fingerprint density at radius 2 is 1.70 bits per heavy atom. The molecule has 0 aliphatic heterocycles. The number of likely N-dealkylation sites (N-methyl/N-ethyl adjacent to an activating group) is 1. The SMILES string of the molecule is CN(C(CSCc1ccc(F)cc1)C(=O)NO)S(=O)(=O)c1ccc(Oc2ccncc2)cc1. The standard InChI is InChI=1S/C22H22FN3O5S2/c1-26(21(22(27)25-28)15-32-14-16-2-4-17(23)5-3-16)33(29,30)20-8-6-18(7-9-20)31-19-10-12-24-13-11-19/h2-13,21,28H,14-15H2,1H3,(H,25,27). The van der Waals surface area contributed by atoms with Crippen molar-refractivity contribution in [2.75, 3.05) is 12.8 Å². The number of thioether (sulfide) groups is 1. The van der Waals surface area contributed by atoms with Crippen molar-refractivity contribution in [1.82, 2.24) is 14.8 Å². The molecule has 1 aromatic heterocycles. The maximum absolute atomic E-state index is 13.1. The summed E-state index contributed by atoms with van der Waals surface area (Å²) in [4.78, 5) is 16.1. The molecule has 33 heavy (non-hydrogen) atoms. The van der Waals surface area contributed by atoms with Gasteiger partial charge in [0.05, 0.1) is 4.90 Å². The lowest BCUT2D eigenvalue weighted by Gasteiger charge is -2.25. The van der Waals surface area contributed by atoms with E-state index in [0.29, 0.717) is 17.3 Å². The third-order valence-corrected chi connectivity index (χ3v) is 7.67. The number of nitrogens with zero attached hydrogens (tertiary/aromatic N) is 2. The molecule has 3 rings (SSSR count). The van der Waals surface area contributed by atoms with Crippen molar-refractivity contribution in [3.63, 3.8) is 0 Å². The Morgan fingerprint density at radius 1 is 1.09 bits per heavy atom. The Hall–Kier alpha value is -2.99. The van der Waals surface area contributed by atoms with Gasteiger partial charge in [-0.2, -0.15) is 16.1 Å². The average molecular weight is 492 g/mol. The van der Waals surface area contributed by atoms with Crippen LogP contribution >= 0.6 is 11.8 Å². The Kier molecular flexibility index (Phi) is 8.39. The van der Waals surface area contributed by atoms with E-state index < -0.39 is 22.0 Å². The number of hydrogen-bond acceptors (Lipinski definition) is 7. The number of ether oxygens (including phenoxy) is 1. The lowest BCUT2D eigenvalue weighted by atomic mass is 10.2. The number of sulfonamides is 1. The zero-order valence-corrected chi connectivity index (χ0v) is 19.2. The molecule has 2 aromatic carbocycles. The number of pyridine rings is 1. The number of aromatic nitrogens is 1. The number of hydrogen-bond donors (Lipinski definition) is 2. The minimum Gasteiger partial charge on any atom is -0.457 e. The van der Waals surface area contributed by atoms with Crippen molar-refractivity contribution in [2.24, 2.45) is 0 Å². The highest BCUT2D eigenvalue weighted by molar-refractivity contribution is 7.98. The predicted molar refractivity (Wildman–Crippen MR) is 122 cm³/mol. The van der Waals surface area contributed by atoms with Gasteiger partial charge in [0.1, 0.15) is 23.4 Å². The van der Waals surface area contributed by atoms with Crippen molar-refractivity contribution >= 4 is 27.7 Å². The van der Waals surface area contributed by atoms with E-state index in [2.05, 4.69) is 4.98 Å². The van der Waals surface area contributed by atoms with Gasteiger partial charge in [-0.25, -0.2) is 18.3 Å². The van der Waals surface area contributed by atoms with Gasteiger partial charge in [-0.05, 0) is 54.1 Å². The van der Waals surface area contributed by atoms with Gasteiger partial charge in [-0.3, -0.25) is 15.0 Å². The molecule has 0 spiro atoms. The van der Waals surface area contributed by atoms with Crippen LogP contribution in [0.2, 0.25) is 0 Å². The van der Waals surface area contributed by atoms with Crippen LogP contribution in [0.25, 0.3) is 0 Å². The Morgan fingerprint density at radius 3 is 2.30 bits per heavy atom. The van der Waals surface area contributed by atoms with Crippen LogP contribution in [0.3, 0.4) is 0 Å². The van der Waals surface area contributed by atoms with Crippen LogP contribution in [0.4, 0.5) is 4.39 Å². The van der Waals surface area contributed by atoms with E-state index in [1.54, 1.807) is 36.7 Å². The van der Waals surface area contributed by atoms with E-state index >= 15 is 0 Å². The largest absolute Gasteiger partial charge is 0.457 e. The molecule has 0 aliphatic carbocycles. The second-order valence-corrected chi connectivity index (χ2v) is 9.94. The van der Waals surface area contributed by atoms with Crippen molar-refractivity contribution in [1.29, 1.82) is 0 Å². The van der Waals surface area contributed by atoms with Crippen LogP contribution in [-0.4, -0.2) is 47.7 Å². The number of amides is 1. The van der Waals surface area contributed by atoms with Crippen LogP contribution in [0, 0.1) is 5.82 Å². The number of hydroxylamine groups is 1. The van der Waals surface area contributed by atoms with E-state index in [1.807, 2.05) is 0 Å². The zero-order valence-electron chi connectivity index (χ0n) is 17.6. The molecule has 1 heterocycles. The topological polar surface area (TPSA) is 109 Å². The van der Waals surface area contributed by atoms with Gasteiger partial charge in [-0.15, -0.1) is 0 Å². The Balaban J connectivity index is 1.70. The third kappa shape index (κ3) is 6.51. The summed E-state index contributed by atoms with van der Waals surface area (Å²) in [5.41, 5.74) is 2.35. The smallest absolute Gasteiger partial charge is 0.262 e. The normalized spacial score (nSPS) is 12.4. The molecule has 0 radical (unpaired) electrons. The summed E-state index contributed by atoms with van der Waals surface area (Å²) < 4.78 is 45.8. The minimum atomic E-state index is -4.05. The third-order valence-electron chi connectivity index (χ3n) is 4.70. The van der Waals surface area contributed by atoms with Crippen molar-refractivity contribution in [2.45, 2.75) is 16.7 Å². The summed E-state index contributed by atoms with van der Waals surface area (Å²) >= 11 is 1.28. The highest BCUT2D eigenvalue weighted by atomic mass is 32.2. The number of rotatable bonds is 10. The summed E-state index contributed by atoms with van der Waals surface area (Å²) in [5, 5.41) is 9.12. The van der Waals surface area contributed by atoms with Crippen LogP contribution < -0.4 is 10.2 Å². The van der Waals surface area contributed by atoms with Gasteiger partial charge in [0.15, 0.2) is 0 Å². The Bertz CT molecular complexity index is 1160. The molecule has 0 fully saturated rings. The van der Waals surface area contributed by atoms with Crippen LogP contribution in [-0.2, 0) is 20.6 Å². The summed E-state index contributed by atoms with van der Waals surface area (Å²) in [6, 6.07) is 13.8. The first-order valence-corrected chi connectivity index (χ1v) is 12.3. The first-order valence-electron chi connectivity index (χ1n) is 9.73. The molecule has 1 amide bonds. The highest BCUT2D eigenvalue weighted by Gasteiger charge is 2.33. The first kappa shape index (κ1) is 24.6. The quantitative estimate of drug-likeness (QED) is 0.330. The lowest BCUT2D eigenvalue weighted by Crippen LogP contribution is -2.48. The fourth-order valence-electron chi connectivity index (χ4n) is 2.85. The number of halogens is 1. The molecular formula is C22H22FN3O5S2. The van der Waals surface area contributed by atoms with Gasteiger partial charge < -0.3 is 4.74 Å². The molecule has 0 aliphatic rings. The molecular weight excluding hydrogens is 469 g/mol. The summed E-state index contributed by atoms with van der Waals surface area (Å²) in [6.45, 7) is 0. The van der Waals surface area contributed by atoms with Gasteiger partial charge in [-0.1, -0.05) is 12.1 Å². The second-order valence-electron chi connectivity index (χ2n) is 6.91. The fourth-order valence-corrected chi connectivity index (χ4v) is 5.40. The lowest BCUT2D eigenvalue weighted by molar-refractivity contribution is -0.132. The van der Waals surface area contributed by atoms with Crippen molar-refractivity contribution in [3.8, 4) is 11.5 Å². The van der Waals surface area contributed by atoms with Crippen molar-refractivity contribution in [3.05, 3.63) is 84.4 Å². The van der Waals surface area contributed by atoms with E-state index in [0.717, 1.165) is 9.87 Å². The maximum Gasteiger partial charge on any atom is 0.262 e. The summed E-state index contributed by atoms with van der Waals surface area (Å²) in [6.07, 6.45) is 3.15. The average Bonchev–Trinajstić information content (AvgIpc) is 2.83. The van der Waals surface area contributed by atoms with Crippen molar-refractivity contribution < 1.29 is 27.5 Å². The van der Waals surface area contributed by atoms with Gasteiger partial charge >= 0.3 is 0 Å². The van der Waals surface area contributed by atoms with E-state index in [9.17, 15) is 17.6 Å². The minimum absolute atomic E-state index is 0.0358. The number of carbonyl (C=O) groups is 1. The maximum atomic E-state index is 13.1. The Labute approximate surface area is 195 Å². The second kappa shape index (κ2) is 11.2. The van der Waals surface area contributed by atoms with E-state index in [4.69, 9.17) is 9.94 Å². The molecule has 174 valence electrons. The highest BCUT2D eigenvalue weighted by Crippen LogP contribution is 2.25. The van der Waals surface area contributed by atoms with Crippen LogP contribution in [0.1, 0.15) is 5.56 Å². The van der Waals surface area contributed by atoms with Crippen LogP contribution in [0.15, 0.2) is 78.0 Å². The molecule has 0 bridgehead atoms. The van der Waals surface area contributed by atoms with E-state index in [1.165, 1.54) is 60.7 Å². The first-order chi connectivity index (χ1) is 15.8. The summed E-state index contributed by atoms with van der Waals surface area (Å²) in [5.74, 6) is 0.278. The summed E-state index contributed by atoms with van der Waals surface area (Å²) in [7, 11) is -2.78. The number of nitrogens with one attached hydrogen (secondary N) is 1. The number of benzene rings is 2. The molecule has 0 saturated carbocycles.